The van der Waals surface area contributed by atoms with Gasteiger partial charge in [-0.3, -0.25) is 4.99 Å². The number of nitrogens with one attached hydrogen (secondary N) is 1. The molecule has 0 saturated heterocycles. The number of hydrogen-bond donors (Lipinski definition) is 1. The topological polar surface area (TPSA) is 46.0 Å². The van der Waals surface area contributed by atoms with Gasteiger partial charge in [0, 0.05) is 12.5 Å². The van der Waals surface area contributed by atoms with Crippen molar-refractivity contribution in [2.45, 2.75) is 0 Å². The first-order chi connectivity index (χ1) is 4.93. The number of hydrogen-bond acceptors (Lipinski definition) is 4. The normalized spacial score (nSPS) is 24.7. The van der Waals surface area contributed by atoms with E-state index >= 15 is 0 Å². The van der Waals surface area contributed by atoms with Crippen molar-refractivity contribution in [2.24, 2.45) is 16.1 Å². The zero-order chi connectivity index (χ0) is 7.23. The third-order valence-corrected chi connectivity index (χ3v) is 1.28. The predicted octanol–water partition coefficient (Wildman–Crippen LogP) is -0.134. The zero-order valence-electron chi connectivity index (χ0n) is 5.95. The van der Waals surface area contributed by atoms with E-state index in [0.717, 1.165) is 13.1 Å². The monoisotopic (exact) mass is 141 g/mol. The maximum atomic E-state index is 4.53. The first-order valence-corrected chi connectivity index (χ1v) is 3.22. The fourth-order valence-corrected chi connectivity index (χ4v) is 0.768. The summed E-state index contributed by atoms with van der Waals surface area (Å²) in [6.07, 6.45) is 3.49. The first kappa shape index (κ1) is 7.05. The van der Waals surface area contributed by atoms with Gasteiger partial charge in [-0.15, -0.1) is 0 Å². The average Bonchev–Trinajstić information content (AvgIpc) is 2.03. The van der Waals surface area contributed by atoms with Crippen LogP contribution in [-0.2, 0) is 4.84 Å². The second kappa shape index (κ2) is 3.87. The molecule has 1 N–H and O–H groups in total. The van der Waals surface area contributed by atoms with Crippen molar-refractivity contribution in [1.29, 1.82) is 0 Å². The number of aliphatic imine (C=N–C) groups is 1. The van der Waals surface area contributed by atoms with Gasteiger partial charge in [0.1, 0.15) is 7.11 Å². The van der Waals surface area contributed by atoms with E-state index in [-0.39, 0.29) is 0 Å². The molecule has 10 heavy (non-hydrogen) atoms. The van der Waals surface area contributed by atoms with E-state index in [1.54, 1.807) is 12.6 Å². The van der Waals surface area contributed by atoms with E-state index in [0.29, 0.717) is 5.92 Å². The lowest BCUT2D eigenvalue weighted by molar-refractivity contribution is 0.213. The van der Waals surface area contributed by atoms with Crippen molar-refractivity contribution in [3.8, 4) is 0 Å². The second-order valence-electron chi connectivity index (χ2n) is 2.10. The molecule has 4 nitrogen and oxygen atoms in total. The van der Waals surface area contributed by atoms with Crippen LogP contribution in [0.1, 0.15) is 0 Å². The Morgan fingerprint density at radius 1 is 1.90 bits per heavy atom. The minimum absolute atomic E-state index is 0.380. The van der Waals surface area contributed by atoms with Crippen LogP contribution in [0.3, 0.4) is 0 Å². The third kappa shape index (κ3) is 2.05. The quantitative estimate of drug-likeness (QED) is 0.430. The van der Waals surface area contributed by atoms with Gasteiger partial charge >= 0.3 is 0 Å². The summed E-state index contributed by atoms with van der Waals surface area (Å²) in [5.74, 6) is 0.380. The Morgan fingerprint density at radius 3 is 3.40 bits per heavy atom. The molecule has 0 aromatic rings. The molecule has 0 saturated carbocycles. The Morgan fingerprint density at radius 2 is 2.80 bits per heavy atom. The van der Waals surface area contributed by atoms with Crippen molar-refractivity contribution in [3.63, 3.8) is 0 Å². The van der Waals surface area contributed by atoms with Gasteiger partial charge in [0.2, 0.25) is 0 Å². The molecule has 1 atom stereocenters. The number of rotatable bonds is 2. The summed E-state index contributed by atoms with van der Waals surface area (Å²) >= 11 is 0. The largest absolute Gasteiger partial charge is 0.399 e. The van der Waals surface area contributed by atoms with Gasteiger partial charge in [-0.1, -0.05) is 5.16 Å². The van der Waals surface area contributed by atoms with Crippen LogP contribution < -0.4 is 5.32 Å². The molecular weight excluding hydrogens is 130 g/mol. The van der Waals surface area contributed by atoms with Crippen molar-refractivity contribution < 1.29 is 4.84 Å². The summed E-state index contributed by atoms with van der Waals surface area (Å²) < 4.78 is 0. The lowest BCUT2D eigenvalue weighted by Crippen LogP contribution is -2.29. The molecule has 0 amide bonds. The van der Waals surface area contributed by atoms with E-state index in [2.05, 4.69) is 20.3 Å². The van der Waals surface area contributed by atoms with E-state index < -0.39 is 0 Å². The molecule has 1 heterocycles. The van der Waals surface area contributed by atoms with Crippen LogP contribution >= 0.6 is 0 Å². The first-order valence-electron chi connectivity index (χ1n) is 3.22. The zero-order valence-corrected chi connectivity index (χ0v) is 5.95. The van der Waals surface area contributed by atoms with Gasteiger partial charge in [0.15, 0.2) is 0 Å². The molecule has 0 spiro atoms. The molecule has 0 aromatic carbocycles. The Balaban J connectivity index is 2.28. The fraction of sp³-hybridized carbons (Fsp3) is 0.667. The molecule has 56 valence electrons. The van der Waals surface area contributed by atoms with Crippen LogP contribution in [0.15, 0.2) is 10.1 Å². The molecule has 0 radical (unpaired) electrons. The third-order valence-electron chi connectivity index (χ3n) is 1.28. The highest BCUT2D eigenvalue weighted by atomic mass is 16.6. The minimum Gasteiger partial charge on any atom is -0.399 e. The number of nitrogens with zero attached hydrogens (tertiary/aromatic N) is 2. The Bertz CT molecular complexity index is 144. The lowest BCUT2D eigenvalue weighted by atomic mass is 10.1. The molecule has 1 aliphatic rings. The van der Waals surface area contributed by atoms with Crippen molar-refractivity contribution >= 4 is 12.6 Å². The van der Waals surface area contributed by atoms with Crippen LogP contribution in [0.25, 0.3) is 0 Å². The highest BCUT2D eigenvalue weighted by Gasteiger charge is 2.06. The van der Waals surface area contributed by atoms with Gasteiger partial charge in [0.25, 0.3) is 0 Å². The maximum absolute atomic E-state index is 4.53. The molecule has 1 unspecified atom stereocenters. The molecule has 1 aliphatic heterocycles. The van der Waals surface area contributed by atoms with E-state index in [1.165, 1.54) is 7.11 Å². The smallest absolute Gasteiger partial charge is 0.106 e. The van der Waals surface area contributed by atoms with E-state index in [4.69, 9.17) is 0 Å². The van der Waals surface area contributed by atoms with Crippen molar-refractivity contribution in [3.05, 3.63) is 0 Å². The second-order valence-corrected chi connectivity index (χ2v) is 2.10. The molecule has 0 fully saturated rings. The molecule has 1 rings (SSSR count). The summed E-state index contributed by atoms with van der Waals surface area (Å²) in [4.78, 5) is 8.56. The highest BCUT2D eigenvalue weighted by molar-refractivity contribution is 5.64. The van der Waals surface area contributed by atoms with Crippen LogP contribution in [0.5, 0.6) is 0 Å². The van der Waals surface area contributed by atoms with E-state index in [1.807, 2.05) is 0 Å². The van der Waals surface area contributed by atoms with Gasteiger partial charge in [-0.2, -0.15) is 0 Å². The SMILES string of the molecule is CO/N=C\C1CN=CNC1. The van der Waals surface area contributed by atoms with Crippen LogP contribution in [0.4, 0.5) is 0 Å². The summed E-state index contributed by atoms with van der Waals surface area (Å²) in [6.45, 7) is 1.70. The Labute approximate surface area is 60.0 Å². The maximum Gasteiger partial charge on any atom is 0.106 e. The van der Waals surface area contributed by atoms with Gasteiger partial charge in [-0.05, 0) is 0 Å². The van der Waals surface area contributed by atoms with Gasteiger partial charge in [-0.25, -0.2) is 0 Å². The fourth-order valence-electron chi connectivity index (χ4n) is 0.768. The standard InChI is InChI=1S/C6H11N3O/c1-10-9-4-6-2-7-5-8-3-6/h4-6H,2-3H2,1H3,(H,7,8)/b9-4-. The summed E-state index contributed by atoms with van der Waals surface area (Å²) in [7, 11) is 1.54. The van der Waals surface area contributed by atoms with Gasteiger partial charge < -0.3 is 10.2 Å². The van der Waals surface area contributed by atoms with Crippen LogP contribution in [0, 0.1) is 5.92 Å². The summed E-state index contributed by atoms with van der Waals surface area (Å²) in [5.41, 5.74) is 0. The summed E-state index contributed by atoms with van der Waals surface area (Å²) in [6, 6.07) is 0. The van der Waals surface area contributed by atoms with Crippen LogP contribution in [0.2, 0.25) is 0 Å². The Hall–Kier alpha value is -1.06. The molecule has 0 bridgehead atoms. The molecule has 0 aromatic heterocycles. The van der Waals surface area contributed by atoms with Gasteiger partial charge in [0.05, 0.1) is 19.1 Å². The predicted molar refractivity (Wildman–Crippen MR) is 40.4 cm³/mol. The lowest BCUT2D eigenvalue weighted by Gasteiger charge is -2.12. The average molecular weight is 141 g/mol. The van der Waals surface area contributed by atoms with E-state index in [9.17, 15) is 0 Å². The minimum atomic E-state index is 0.380. The van der Waals surface area contributed by atoms with Crippen molar-refractivity contribution in [2.75, 3.05) is 20.2 Å². The molecular formula is C6H11N3O. The summed E-state index contributed by atoms with van der Waals surface area (Å²) in [5, 5.41) is 6.66. The molecule has 4 heteroatoms. The molecule has 0 aliphatic carbocycles. The van der Waals surface area contributed by atoms with Crippen LogP contribution in [-0.4, -0.2) is 32.8 Å². The highest BCUT2D eigenvalue weighted by Crippen LogP contribution is 1.94. The number of oxime groups is 1. The van der Waals surface area contributed by atoms with Crippen molar-refractivity contribution in [1.82, 2.24) is 5.32 Å². The Kier molecular flexibility index (Phi) is 2.73.